The predicted octanol–water partition coefficient (Wildman–Crippen LogP) is 5.52. The van der Waals surface area contributed by atoms with Crippen molar-refractivity contribution in [2.45, 2.75) is 38.4 Å². The molecular formula is C21H26Br2O3. The van der Waals surface area contributed by atoms with Crippen molar-refractivity contribution in [2.75, 3.05) is 19.8 Å². The van der Waals surface area contributed by atoms with Gasteiger partial charge < -0.3 is 14.6 Å². The summed E-state index contributed by atoms with van der Waals surface area (Å²) in [4.78, 5) is 0. The van der Waals surface area contributed by atoms with Gasteiger partial charge in [-0.1, -0.05) is 56.1 Å². The Morgan fingerprint density at radius 2 is 1.62 bits per heavy atom. The lowest BCUT2D eigenvalue weighted by molar-refractivity contribution is -0.161. The van der Waals surface area contributed by atoms with Crippen LogP contribution in [0.25, 0.3) is 0 Å². The molecule has 1 aliphatic rings. The summed E-state index contributed by atoms with van der Waals surface area (Å²) in [5, 5.41) is 8.60. The van der Waals surface area contributed by atoms with Gasteiger partial charge in [0, 0.05) is 22.2 Å². The maximum absolute atomic E-state index is 8.60. The van der Waals surface area contributed by atoms with Gasteiger partial charge in [0.25, 0.3) is 0 Å². The molecule has 3 nitrogen and oxygen atoms in total. The van der Waals surface area contributed by atoms with Crippen LogP contribution in [-0.4, -0.2) is 31.2 Å². The Kier molecular flexibility index (Phi) is 10.5. The molecule has 1 unspecified atom stereocenters. The molecule has 1 heterocycles. The number of hydrogen-bond donors (Lipinski definition) is 1. The van der Waals surface area contributed by atoms with E-state index in [4.69, 9.17) is 14.6 Å². The Hall–Kier alpha value is -0.720. The van der Waals surface area contributed by atoms with Gasteiger partial charge in [0.15, 0.2) is 6.29 Å². The minimum atomic E-state index is 0.0286. The monoisotopic (exact) mass is 484 g/mol. The molecule has 0 aliphatic carbocycles. The summed E-state index contributed by atoms with van der Waals surface area (Å²) >= 11 is 6.82. The van der Waals surface area contributed by atoms with Crippen molar-refractivity contribution >= 4 is 31.9 Å². The maximum atomic E-state index is 8.60. The first-order chi connectivity index (χ1) is 12.7. The fraction of sp³-hybridized carbons (Fsp3) is 0.429. The summed E-state index contributed by atoms with van der Waals surface area (Å²) in [6.45, 7) is 1.80. The average Bonchev–Trinajstić information content (AvgIpc) is 2.64. The second-order valence-corrected chi connectivity index (χ2v) is 7.98. The highest BCUT2D eigenvalue weighted by Gasteiger charge is 2.13. The first-order valence-corrected chi connectivity index (χ1v) is 10.6. The number of rotatable bonds is 6. The van der Waals surface area contributed by atoms with Crippen LogP contribution in [0.4, 0.5) is 0 Å². The number of aliphatic hydroxyl groups excluding tert-OH is 1. The minimum absolute atomic E-state index is 0.0286. The van der Waals surface area contributed by atoms with Gasteiger partial charge in [-0.3, -0.25) is 0 Å². The van der Waals surface area contributed by atoms with E-state index in [-0.39, 0.29) is 12.9 Å². The van der Waals surface area contributed by atoms with Crippen LogP contribution in [-0.2, 0) is 22.3 Å². The summed E-state index contributed by atoms with van der Waals surface area (Å²) in [6.07, 6.45) is 5.14. The molecule has 2 aromatic rings. The summed E-state index contributed by atoms with van der Waals surface area (Å²) < 4.78 is 13.4. The van der Waals surface area contributed by atoms with Crippen LogP contribution in [0.5, 0.6) is 0 Å². The summed E-state index contributed by atoms with van der Waals surface area (Å²) in [6, 6.07) is 16.3. The van der Waals surface area contributed by atoms with Crippen LogP contribution in [0.3, 0.4) is 0 Å². The zero-order valence-electron chi connectivity index (χ0n) is 14.9. The molecule has 1 atom stereocenters. The van der Waals surface area contributed by atoms with Crippen molar-refractivity contribution < 1.29 is 14.6 Å². The molecule has 142 valence electrons. The fourth-order valence-electron chi connectivity index (χ4n) is 2.66. The number of benzene rings is 2. The molecule has 3 rings (SSSR count). The highest BCUT2D eigenvalue weighted by Crippen LogP contribution is 2.15. The molecule has 1 N–H and O–H groups in total. The Morgan fingerprint density at radius 1 is 0.962 bits per heavy atom. The first kappa shape index (κ1) is 21.6. The summed E-state index contributed by atoms with van der Waals surface area (Å²) in [5.74, 6) is 0. The SMILES string of the molecule is Brc1cccc(CCOC2CCCCO2)c1.OCCc1cccc(Br)c1. The van der Waals surface area contributed by atoms with Gasteiger partial charge in [0.1, 0.15) is 0 Å². The third-order valence-electron chi connectivity index (χ3n) is 4.01. The van der Waals surface area contributed by atoms with E-state index in [1.807, 2.05) is 30.3 Å². The van der Waals surface area contributed by atoms with Crippen LogP contribution in [0.2, 0.25) is 0 Å². The van der Waals surface area contributed by atoms with E-state index >= 15 is 0 Å². The molecule has 26 heavy (non-hydrogen) atoms. The molecule has 2 aromatic carbocycles. The van der Waals surface area contributed by atoms with Crippen molar-refractivity contribution in [1.29, 1.82) is 0 Å². The maximum Gasteiger partial charge on any atom is 0.157 e. The third-order valence-corrected chi connectivity index (χ3v) is 5.00. The van der Waals surface area contributed by atoms with Gasteiger partial charge in [-0.2, -0.15) is 0 Å². The van der Waals surface area contributed by atoms with Crippen LogP contribution >= 0.6 is 31.9 Å². The standard InChI is InChI=1S/C13H17BrO2.C8H9BrO/c14-12-5-3-4-11(10-12)7-9-16-13-6-1-2-8-15-13;9-8-3-1-2-7(6-8)4-5-10/h3-5,10,13H,1-2,6-9H2;1-3,6,10H,4-5H2. The van der Waals surface area contributed by atoms with E-state index in [0.717, 1.165) is 47.0 Å². The lowest BCUT2D eigenvalue weighted by Gasteiger charge is -2.22. The normalized spacial score (nSPS) is 16.7. The fourth-order valence-corrected chi connectivity index (χ4v) is 3.56. The quantitative estimate of drug-likeness (QED) is 0.585. The molecule has 5 heteroatoms. The second-order valence-electron chi connectivity index (χ2n) is 6.15. The average molecular weight is 486 g/mol. The molecular weight excluding hydrogens is 460 g/mol. The minimum Gasteiger partial charge on any atom is -0.396 e. The van der Waals surface area contributed by atoms with Gasteiger partial charge in [0.2, 0.25) is 0 Å². The molecule has 0 radical (unpaired) electrons. The van der Waals surface area contributed by atoms with E-state index < -0.39 is 0 Å². The Bertz CT molecular complexity index is 643. The zero-order chi connectivity index (χ0) is 18.6. The summed E-state index contributed by atoms with van der Waals surface area (Å²) in [5.41, 5.74) is 2.46. The third kappa shape index (κ3) is 8.78. The van der Waals surface area contributed by atoms with Gasteiger partial charge >= 0.3 is 0 Å². The molecule has 1 aliphatic heterocycles. The van der Waals surface area contributed by atoms with E-state index in [9.17, 15) is 0 Å². The van der Waals surface area contributed by atoms with E-state index in [2.05, 4.69) is 50.1 Å². The van der Waals surface area contributed by atoms with Crippen molar-refractivity contribution in [3.05, 3.63) is 68.6 Å². The smallest absolute Gasteiger partial charge is 0.157 e. The van der Waals surface area contributed by atoms with Crippen LogP contribution in [0.15, 0.2) is 57.5 Å². The molecule has 0 saturated carbocycles. The van der Waals surface area contributed by atoms with Crippen LogP contribution < -0.4 is 0 Å². The molecule has 1 saturated heterocycles. The Balaban J connectivity index is 0.000000209. The predicted molar refractivity (Wildman–Crippen MR) is 112 cm³/mol. The Morgan fingerprint density at radius 3 is 2.15 bits per heavy atom. The van der Waals surface area contributed by atoms with Crippen molar-refractivity contribution in [3.8, 4) is 0 Å². The molecule has 0 spiro atoms. The lowest BCUT2D eigenvalue weighted by Crippen LogP contribution is -2.23. The van der Waals surface area contributed by atoms with Crippen LogP contribution in [0.1, 0.15) is 30.4 Å². The Labute approximate surface area is 173 Å². The number of aliphatic hydroxyl groups is 1. The zero-order valence-corrected chi connectivity index (χ0v) is 18.0. The van der Waals surface area contributed by atoms with Gasteiger partial charge in [-0.15, -0.1) is 0 Å². The van der Waals surface area contributed by atoms with E-state index in [1.165, 1.54) is 18.4 Å². The highest BCUT2D eigenvalue weighted by molar-refractivity contribution is 9.10. The van der Waals surface area contributed by atoms with Crippen molar-refractivity contribution in [2.24, 2.45) is 0 Å². The molecule has 0 amide bonds. The first-order valence-electron chi connectivity index (χ1n) is 9.00. The van der Waals surface area contributed by atoms with E-state index in [0.29, 0.717) is 0 Å². The van der Waals surface area contributed by atoms with Crippen molar-refractivity contribution in [3.63, 3.8) is 0 Å². The highest BCUT2D eigenvalue weighted by atomic mass is 79.9. The molecule has 0 bridgehead atoms. The number of ether oxygens (including phenoxy) is 2. The lowest BCUT2D eigenvalue weighted by atomic mass is 10.2. The van der Waals surface area contributed by atoms with E-state index in [1.54, 1.807) is 0 Å². The molecule has 0 aromatic heterocycles. The summed E-state index contributed by atoms with van der Waals surface area (Å²) in [7, 11) is 0. The molecule has 1 fully saturated rings. The van der Waals surface area contributed by atoms with Gasteiger partial charge in [0.05, 0.1) is 6.61 Å². The van der Waals surface area contributed by atoms with Gasteiger partial charge in [-0.25, -0.2) is 0 Å². The number of halogens is 2. The topological polar surface area (TPSA) is 38.7 Å². The van der Waals surface area contributed by atoms with Gasteiger partial charge in [-0.05, 0) is 67.5 Å². The van der Waals surface area contributed by atoms with Crippen molar-refractivity contribution in [1.82, 2.24) is 0 Å². The largest absolute Gasteiger partial charge is 0.396 e. The second kappa shape index (κ2) is 12.6. The number of hydrogen-bond acceptors (Lipinski definition) is 3. The van der Waals surface area contributed by atoms with Crippen LogP contribution in [0, 0.1) is 0 Å².